The van der Waals surface area contributed by atoms with Gasteiger partial charge in [-0.15, -0.1) is 0 Å². The number of nitrogens with one attached hydrogen (secondary N) is 1. The van der Waals surface area contributed by atoms with E-state index in [-0.39, 0.29) is 17.7 Å². The normalized spacial score (nSPS) is 15.8. The molecule has 0 aromatic heterocycles. The van der Waals surface area contributed by atoms with Gasteiger partial charge >= 0.3 is 0 Å². The summed E-state index contributed by atoms with van der Waals surface area (Å²) in [4.78, 5) is 12.2. The zero-order valence-corrected chi connectivity index (χ0v) is 12.9. The lowest BCUT2D eigenvalue weighted by molar-refractivity contribution is -0.120. The number of carbonyl (C=O) groups is 1. The Hall–Kier alpha value is -1.00. The van der Waals surface area contributed by atoms with Gasteiger partial charge in [-0.05, 0) is 32.4 Å². The van der Waals surface area contributed by atoms with Gasteiger partial charge in [0.1, 0.15) is 16.8 Å². The van der Waals surface area contributed by atoms with Crippen LogP contribution < -0.4 is 4.72 Å². The van der Waals surface area contributed by atoms with Crippen LogP contribution in [0.25, 0.3) is 0 Å². The van der Waals surface area contributed by atoms with Crippen molar-refractivity contribution in [1.82, 2.24) is 4.72 Å². The Morgan fingerprint density at radius 1 is 1.32 bits per heavy atom. The fourth-order valence-electron chi connectivity index (χ4n) is 1.87. The predicted molar refractivity (Wildman–Crippen MR) is 79.3 cm³/mol. The molecule has 1 rings (SSSR count). The molecule has 0 fully saturated rings. The first-order valence-corrected chi connectivity index (χ1v) is 7.85. The highest BCUT2D eigenvalue weighted by atomic mass is 32.2. The van der Waals surface area contributed by atoms with Crippen LogP contribution in [0.5, 0.6) is 0 Å². The second kappa shape index (κ2) is 7.56. The third kappa shape index (κ3) is 4.88. The van der Waals surface area contributed by atoms with Crippen LogP contribution in [0, 0.1) is 12.8 Å². The zero-order chi connectivity index (χ0) is 14.4. The minimum atomic E-state index is -1.26. The molecule has 0 amide bonds. The third-order valence-corrected chi connectivity index (χ3v) is 4.56. The summed E-state index contributed by atoms with van der Waals surface area (Å²) in [5.74, 6) is 0.0150. The SMILES string of the molecule is CCC[C@H](N[S@@](=O)c1ccc(C)cc1)[C@H](C)C(C)=O. The summed E-state index contributed by atoms with van der Waals surface area (Å²) in [6.07, 6.45) is 1.80. The van der Waals surface area contributed by atoms with Crippen LogP contribution in [0.4, 0.5) is 0 Å². The minimum Gasteiger partial charge on any atom is -0.300 e. The van der Waals surface area contributed by atoms with Gasteiger partial charge in [0.15, 0.2) is 0 Å². The number of rotatable bonds is 7. The summed E-state index contributed by atoms with van der Waals surface area (Å²) in [6, 6.07) is 7.57. The second-order valence-corrected chi connectivity index (χ2v) is 6.24. The summed E-state index contributed by atoms with van der Waals surface area (Å²) in [7, 11) is -1.26. The highest BCUT2D eigenvalue weighted by molar-refractivity contribution is 7.83. The highest BCUT2D eigenvalue weighted by Crippen LogP contribution is 2.14. The molecule has 19 heavy (non-hydrogen) atoms. The largest absolute Gasteiger partial charge is 0.300 e. The third-order valence-electron chi connectivity index (χ3n) is 3.34. The molecule has 0 unspecified atom stereocenters. The van der Waals surface area contributed by atoms with Crippen molar-refractivity contribution in [2.75, 3.05) is 0 Å². The Bertz CT molecular complexity index is 442. The molecule has 0 aliphatic carbocycles. The topological polar surface area (TPSA) is 46.2 Å². The average molecular weight is 281 g/mol. The van der Waals surface area contributed by atoms with Crippen molar-refractivity contribution in [1.29, 1.82) is 0 Å². The fourth-order valence-corrected chi connectivity index (χ4v) is 2.99. The summed E-state index contributed by atoms with van der Waals surface area (Å²) in [5.41, 5.74) is 1.14. The molecule has 106 valence electrons. The van der Waals surface area contributed by atoms with Gasteiger partial charge in [0, 0.05) is 12.0 Å². The van der Waals surface area contributed by atoms with Crippen molar-refractivity contribution in [3.63, 3.8) is 0 Å². The van der Waals surface area contributed by atoms with Gasteiger partial charge in [-0.2, -0.15) is 0 Å². The average Bonchev–Trinajstić information content (AvgIpc) is 2.37. The summed E-state index contributed by atoms with van der Waals surface area (Å²) in [5, 5.41) is 0. The highest BCUT2D eigenvalue weighted by Gasteiger charge is 2.22. The van der Waals surface area contributed by atoms with Crippen LogP contribution in [0.1, 0.15) is 39.2 Å². The molecule has 0 spiro atoms. The number of carbonyl (C=O) groups excluding carboxylic acids is 1. The molecule has 0 bridgehead atoms. The smallest absolute Gasteiger partial charge is 0.134 e. The van der Waals surface area contributed by atoms with Crippen molar-refractivity contribution in [2.24, 2.45) is 5.92 Å². The quantitative estimate of drug-likeness (QED) is 0.835. The van der Waals surface area contributed by atoms with Gasteiger partial charge in [0.25, 0.3) is 0 Å². The summed E-state index contributed by atoms with van der Waals surface area (Å²) >= 11 is 0. The Morgan fingerprint density at radius 2 is 1.89 bits per heavy atom. The molecule has 0 saturated heterocycles. The first-order valence-electron chi connectivity index (χ1n) is 6.70. The van der Waals surface area contributed by atoms with Crippen molar-refractivity contribution >= 4 is 16.8 Å². The van der Waals surface area contributed by atoms with E-state index in [0.717, 1.165) is 23.3 Å². The standard InChI is InChI=1S/C15H23NO2S/c1-5-6-15(12(3)13(4)17)16-19(18)14-9-7-11(2)8-10-14/h7-10,12,15-16H,5-6H2,1-4H3/t12-,15+,19+/m1/s1. The number of ketones is 1. The van der Waals surface area contributed by atoms with E-state index in [1.54, 1.807) is 6.92 Å². The maximum atomic E-state index is 12.3. The fraction of sp³-hybridized carbons (Fsp3) is 0.533. The predicted octanol–water partition coefficient (Wildman–Crippen LogP) is 3.00. The number of benzene rings is 1. The van der Waals surface area contributed by atoms with Crippen LogP contribution in [0.3, 0.4) is 0 Å². The van der Waals surface area contributed by atoms with Crippen molar-refractivity contribution in [2.45, 2.75) is 51.5 Å². The molecule has 0 aliphatic rings. The van der Waals surface area contributed by atoms with Crippen molar-refractivity contribution in [3.05, 3.63) is 29.8 Å². The number of aryl methyl sites for hydroxylation is 1. The Morgan fingerprint density at radius 3 is 2.37 bits per heavy atom. The Labute approximate surface area is 118 Å². The van der Waals surface area contributed by atoms with Crippen LogP contribution in [0.2, 0.25) is 0 Å². The molecule has 0 heterocycles. The van der Waals surface area contributed by atoms with Gasteiger partial charge in [0.05, 0.1) is 4.90 Å². The van der Waals surface area contributed by atoms with E-state index in [4.69, 9.17) is 0 Å². The molecule has 0 aliphatic heterocycles. The number of Topliss-reactive ketones (excluding diaryl/α,β-unsaturated/α-hetero) is 1. The molecule has 1 aromatic rings. The van der Waals surface area contributed by atoms with Gasteiger partial charge in [-0.25, -0.2) is 8.93 Å². The first kappa shape index (κ1) is 16.1. The van der Waals surface area contributed by atoms with E-state index in [1.165, 1.54) is 0 Å². The molecular weight excluding hydrogens is 258 g/mol. The van der Waals surface area contributed by atoms with E-state index < -0.39 is 11.0 Å². The number of hydrogen-bond donors (Lipinski definition) is 1. The molecule has 3 nitrogen and oxygen atoms in total. The van der Waals surface area contributed by atoms with Crippen LogP contribution in [0.15, 0.2) is 29.2 Å². The minimum absolute atomic E-state index is 0.0374. The lowest BCUT2D eigenvalue weighted by Crippen LogP contribution is -2.39. The molecule has 3 atom stereocenters. The maximum absolute atomic E-state index is 12.3. The van der Waals surface area contributed by atoms with E-state index in [1.807, 2.05) is 38.1 Å². The number of hydrogen-bond acceptors (Lipinski definition) is 2. The molecule has 0 saturated carbocycles. The van der Waals surface area contributed by atoms with Gasteiger partial charge in [-0.3, -0.25) is 4.79 Å². The zero-order valence-electron chi connectivity index (χ0n) is 12.1. The molecular formula is C15H23NO2S. The van der Waals surface area contributed by atoms with Gasteiger partial charge in [0.2, 0.25) is 0 Å². The second-order valence-electron chi connectivity index (χ2n) is 4.99. The molecule has 1 aromatic carbocycles. The van der Waals surface area contributed by atoms with Crippen LogP contribution >= 0.6 is 0 Å². The van der Waals surface area contributed by atoms with Crippen molar-refractivity contribution in [3.8, 4) is 0 Å². The van der Waals surface area contributed by atoms with E-state index >= 15 is 0 Å². The van der Waals surface area contributed by atoms with Gasteiger partial charge in [-0.1, -0.05) is 38.0 Å². The lowest BCUT2D eigenvalue weighted by atomic mass is 9.95. The maximum Gasteiger partial charge on any atom is 0.134 e. The molecule has 0 radical (unpaired) electrons. The Balaban J connectivity index is 2.76. The van der Waals surface area contributed by atoms with E-state index in [9.17, 15) is 9.00 Å². The van der Waals surface area contributed by atoms with Gasteiger partial charge < -0.3 is 0 Å². The lowest BCUT2D eigenvalue weighted by Gasteiger charge is -2.22. The van der Waals surface area contributed by atoms with Crippen molar-refractivity contribution < 1.29 is 9.00 Å². The molecule has 4 heteroatoms. The first-order chi connectivity index (χ1) is 8.95. The Kier molecular flexibility index (Phi) is 6.38. The molecule has 1 N–H and O–H groups in total. The monoisotopic (exact) mass is 281 g/mol. The van der Waals surface area contributed by atoms with E-state index in [2.05, 4.69) is 11.6 Å². The van der Waals surface area contributed by atoms with E-state index in [0.29, 0.717) is 0 Å². The van der Waals surface area contributed by atoms with Crippen LogP contribution in [-0.2, 0) is 15.8 Å². The summed E-state index contributed by atoms with van der Waals surface area (Å²) < 4.78 is 15.3. The van der Waals surface area contributed by atoms with Crippen LogP contribution in [-0.4, -0.2) is 16.0 Å². The summed E-state index contributed by atoms with van der Waals surface area (Å²) in [6.45, 7) is 7.54.